The van der Waals surface area contributed by atoms with Gasteiger partial charge >= 0.3 is 0 Å². The molecule has 0 aliphatic rings. The summed E-state index contributed by atoms with van der Waals surface area (Å²) in [6.45, 7) is 0. The molecule has 0 radical (unpaired) electrons. The van der Waals surface area contributed by atoms with Crippen molar-refractivity contribution < 1.29 is 14.6 Å². The number of ether oxygens (including phenoxy) is 1. The number of nitrogens with one attached hydrogen (secondary N) is 1. The van der Waals surface area contributed by atoms with Crippen LogP contribution >= 0.6 is 22.9 Å². The van der Waals surface area contributed by atoms with Gasteiger partial charge in [0.1, 0.15) is 17.3 Å². The van der Waals surface area contributed by atoms with Gasteiger partial charge in [0.25, 0.3) is 0 Å². The number of nitrogens with zero attached hydrogens (tertiary/aromatic N) is 1. The molecule has 3 rings (SSSR count). The molecule has 0 aliphatic heterocycles. The van der Waals surface area contributed by atoms with Gasteiger partial charge in [0, 0.05) is 23.6 Å². The van der Waals surface area contributed by atoms with Gasteiger partial charge < -0.3 is 19.6 Å². The smallest absolute Gasteiger partial charge is 0.138 e. The lowest BCUT2D eigenvalue weighted by Crippen LogP contribution is -2.24. The Bertz CT molecular complexity index is 839. The second-order valence-corrected chi connectivity index (χ2v) is 6.51. The summed E-state index contributed by atoms with van der Waals surface area (Å²) in [6.07, 6.45) is -0.242. The predicted molar refractivity (Wildman–Crippen MR) is 87.6 cm³/mol. The number of imidazole rings is 1. The summed E-state index contributed by atoms with van der Waals surface area (Å²) in [5.74, 6) is 0.155. The molecule has 5 nitrogen and oxygen atoms in total. The largest absolute Gasteiger partial charge is 0.550 e. The van der Waals surface area contributed by atoms with Crippen LogP contribution in [0.25, 0.3) is 22.0 Å². The van der Waals surface area contributed by atoms with Crippen molar-refractivity contribution in [2.24, 2.45) is 0 Å². The van der Waals surface area contributed by atoms with E-state index in [1.54, 1.807) is 13.2 Å². The second kappa shape index (κ2) is 6.44. The monoisotopic (exact) mass is 347 g/mol. The Kier molecular flexibility index (Phi) is 4.36. The number of H-pyrrole nitrogens is 1. The molecule has 0 saturated carbocycles. The number of hydrogen-bond donors (Lipinski definition) is 1. The molecule has 2 aromatic heterocycles. The first-order valence-corrected chi connectivity index (χ1v) is 7.95. The highest BCUT2D eigenvalue weighted by Crippen LogP contribution is 2.34. The maximum atomic E-state index is 11.0. The van der Waals surface area contributed by atoms with E-state index in [-0.39, 0.29) is 6.42 Å². The van der Waals surface area contributed by atoms with Crippen LogP contribution in [0.1, 0.15) is 5.69 Å². The van der Waals surface area contributed by atoms with Gasteiger partial charge in [-0.3, -0.25) is 0 Å². The van der Waals surface area contributed by atoms with Gasteiger partial charge in [-0.15, -0.1) is 11.3 Å². The van der Waals surface area contributed by atoms with E-state index < -0.39 is 5.97 Å². The summed E-state index contributed by atoms with van der Waals surface area (Å²) in [4.78, 5) is 19.4. The average Bonchev–Trinajstić information content (AvgIpc) is 3.13. The number of thiophene rings is 1. The minimum absolute atomic E-state index is 0.242. The van der Waals surface area contributed by atoms with Crippen LogP contribution in [0, 0.1) is 0 Å². The van der Waals surface area contributed by atoms with Crippen molar-refractivity contribution >= 4 is 28.9 Å². The first kappa shape index (κ1) is 15.6. The van der Waals surface area contributed by atoms with Crippen LogP contribution in [0.3, 0.4) is 0 Å². The van der Waals surface area contributed by atoms with E-state index in [1.165, 1.54) is 11.3 Å². The van der Waals surface area contributed by atoms with Gasteiger partial charge in [-0.25, -0.2) is 4.98 Å². The Labute approximate surface area is 141 Å². The van der Waals surface area contributed by atoms with Crippen LogP contribution < -0.4 is 9.84 Å². The number of hydrogen-bond acceptors (Lipinski definition) is 5. The number of carbonyl (C=O) groups is 1. The highest BCUT2D eigenvalue weighted by Gasteiger charge is 2.15. The Morgan fingerprint density at radius 2 is 2.04 bits per heavy atom. The van der Waals surface area contributed by atoms with E-state index >= 15 is 0 Å². The number of rotatable bonds is 5. The van der Waals surface area contributed by atoms with Crippen LogP contribution in [0.2, 0.25) is 4.34 Å². The van der Waals surface area contributed by atoms with Gasteiger partial charge in [-0.2, -0.15) is 0 Å². The van der Waals surface area contributed by atoms with Crippen molar-refractivity contribution in [2.45, 2.75) is 6.42 Å². The van der Waals surface area contributed by atoms with Gasteiger partial charge in [0.05, 0.1) is 16.3 Å². The van der Waals surface area contributed by atoms with Crippen molar-refractivity contribution in [2.75, 3.05) is 7.11 Å². The molecule has 7 heteroatoms. The molecular weight excluding hydrogens is 336 g/mol. The van der Waals surface area contributed by atoms with E-state index in [1.807, 2.05) is 30.3 Å². The summed E-state index contributed by atoms with van der Waals surface area (Å²) in [5, 5.41) is 11.0. The SMILES string of the molecule is COc1ccc(-c2nc(-c3ccc(Cl)s3)c(CC(=O)[O-])[nH]2)cc1. The molecule has 0 aliphatic carbocycles. The molecule has 1 N–H and O–H groups in total. The predicted octanol–water partition coefficient (Wildman–Crippen LogP) is 2.76. The number of aromatic amines is 1. The molecule has 3 aromatic rings. The van der Waals surface area contributed by atoms with Crippen LogP contribution in [-0.4, -0.2) is 23.0 Å². The molecule has 118 valence electrons. The van der Waals surface area contributed by atoms with E-state index in [4.69, 9.17) is 16.3 Å². The lowest BCUT2D eigenvalue weighted by Gasteiger charge is -2.01. The zero-order valence-corrected chi connectivity index (χ0v) is 13.7. The Hall–Kier alpha value is -2.31. The number of aliphatic carboxylic acids is 1. The highest BCUT2D eigenvalue weighted by atomic mass is 35.5. The fraction of sp³-hybridized carbons (Fsp3) is 0.125. The quantitative estimate of drug-likeness (QED) is 0.769. The summed E-state index contributed by atoms with van der Waals surface area (Å²) in [6, 6.07) is 10.9. The molecule has 0 saturated heterocycles. The van der Waals surface area contributed by atoms with E-state index in [2.05, 4.69) is 9.97 Å². The van der Waals surface area contributed by atoms with Crippen molar-refractivity contribution in [3.05, 3.63) is 46.4 Å². The topological polar surface area (TPSA) is 78.0 Å². The number of carboxylic acid groups (broad SMARTS) is 1. The van der Waals surface area contributed by atoms with Crippen LogP contribution in [0.15, 0.2) is 36.4 Å². The number of halogens is 1. The van der Waals surface area contributed by atoms with Crippen molar-refractivity contribution in [1.29, 1.82) is 0 Å². The molecule has 1 aromatic carbocycles. The summed E-state index contributed by atoms with van der Waals surface area (Å²) in [7, 11) is 1.60. The highest BCUT2D eigenvalue weighted by molar-refractivity contribution is 7.19. The Balaban J connectivity index is 2.04. The molecule has 23 heavy (non-hydrogen) atoms. The minimum atomic E-state index is -1.17. The molecule has 0 unspecified atom stereocenters. The van der Waals surface area contributed by atoms with Crippen molar-refractivity contribution in [3.63, 3.8) is 0 Å². The standard InChI is InChI=1S/C16H13ClN2O3S/c1-22-10-4-2-9(3-5-10)16-18-11(8-14(20)21)15(19-16)12-6-7-13(17)23-12/h2-7H,8H2,1H3,(H,18,19)(H,20,21)/p-1. The van der Waals surface area contributed by atoms with E-state index in [0.717, 1.165) is 16.2 Å². The fourth-order valence-electron chi connectivity index (χ4n) is 2.21. The summed E-state index contributed by atoms with van der Waals surface area (Å²) in [5.41, 5.74) is 1.91. The van der Waals surface area contributed by atoms with Crippen LogP contribution in [0.5, 0.6) is 5.75 Å². The average molecular weight is 348 g/mol. The third kappa shape index (κ3) is 3.38. The first-order valence-electron chi connectivity index (χ1n) is 6.75. The summed E-state index contributed by atoms with van der Waals surface area (Å²) < 4.78 is 5.75. The zero-order chi connectivity index (χ0) is 16.4. The molecule has 0 atom stereocenters. The fourth-order valence-corrected chi connectivity index (χ4v) is 3.27. The third-order valence-corrected chi connectivity index (χ3v) is 4.51. The number of methoxy groups -OCH3 is 1. The van der Waals surface area contributed by atoms with E-state index in [9.17, 15) is 9.90 Å². The minimum Gasteiger partial charge on any atom is -0.550 e. The Morgan fingerprint density at radius 1 is 1.30 bits per heavy atom. The number of aromatic nitrogens is 2. The van der Waals surface area contributed by atoms with Crippen LogP contribution in [0.4, 0.5) is 0 Å². The van der Waals surface area contributed by atoms with Gasteiger partial charge in [0.2, 0.25) is 0 Å². The first-order chi connectivity index (χ1) is 11.1. The van der Waals surface area contributed by atoms with Gasteiger partial charge in [0.15, 0.2) is 0 Å². The molecule has 0 amide bonds. The Morgan fingerprint density at radius 3 is 2.61 bits per heavy atom. The molecular formula is C16H12ClN2O3S-. The normalized spacial score (nSPS) is 10.7. The lowest BCUT2D eigenvalue weighted by atomic mass is 10.2. The van der Waals surface area contributed by atoms with Crippen molar-refractivity contribution in [3.8, 4) is 27.7 Å². The maximum Gasteiger partial charge on any atom is 0.138 e. The van der Waals surface area contributed by atoms with E-state index in [0.29, 0.717) is 21.5 Å². The summed E-state index contributed by atoms with van der Waals surface area (Å²) >= 11 is 7.31. The number of carbonyl (C=O) groups excluding carboxylic acids is 1. The third-order valence-electron chi connectivity index (χ3n) is 3.27. The second-order valence-electron chi connectivity index (χ2n) is 4.79. The van der Waals surface area contributed by atoms with Crippen LogP contribution in [-0.2, 0) is 11.2 Å². The molecule has 0 fully saturated rings. The van der Waals surface area contributed by atoms with Crippen molar-refractivity contribution in [1.82, 2.24) is 9.97 Å². The lowest BCUT2D eigenvalue weighted by molar-refractivity contribution is -0.304. The molecule has 0 spiro atoms. The van der Waals surface area contributed by atoms with Gasteiger partial charge in [-0.05, 0) is 36.4 Å². The number of benzene rings is 1. The van der Waals surface area contributed by atoms with Gasteiger partial charge in [-0.1, -0.05) is 11.6 Å². The maximum absolute atomic E-state index is 11.0. The number of carboxylic acids is 1. The zero-order valence-electron chi connectivity index (χ0n) is 12.1. The molecule has 2 heterocycles. The molecule has 0 bridgehead atoms.